The Morgan fingerprint density at radius 2 is 1.96 bits per heavy atom. The fourth-order valence-electron chi connectivity index (χ4n) is 3.01. The summed E-state index contributed by atoms with van der Waals surface area (Å²) in [4.78, 5) is 25.4. The molecule has 1 atom stereocenters. The third-order valence-corrected chi connectivity index (χ3v) is 4.64. The number of benzene rings is 2. The number of hydrogen-bond acceptors (Lipinski definition) is 2. The molecular weight excluding hydrogens is 381 g/mol. The highest BCUT2D eigenvalue weighted by Gasteiger charge is 2.36. The first-order valence-corrected chi connectivity index (χ1v) is 8.70. The molecular formula is C19H16ClF3N2O2. The number of nitrogens with one attached hydrogen (secondary N) is 1. The summed E-state index contributed by atoms with van der Waals surface area (Å²) in [5.41, 5.74) is 0.587. The minimum absolute atomic E-state index is 0.0934. The minimum atomic E-state index is -1.64. The summed E-state index contributed by atoms with van der Waals surface area (Å²) in [6, 6.07) is 8.97. The molecule has 1 N–H and O–H groups in total. The summed E-state index contributed by atoms with van der Waals surface area (Å²) in [6.07, 6.45) is 0.440. The number of carbonyl (C=O) groups excluding carboxylic acids is 2. The highest BCUT2D eigenvalue weighted by molar-refractivity contribution is 6.30. The molecule has 2 amide bonds. The van der Waals surface area contributed by atoms with Crippen LogP contribution in [0.15, 0.2) is 36.4 Å². The third kappa shape index (κ3) is 4.24. The monoisotopic (exact) mass is 396 g/mol. The van der Waals surface area contributed by atoms with Gasteiger partial charge < -0.3 is 10.2 Å². The topological polar surface area (TPSA) is 49.4 Å². The summed E-state index contributed by atoms with van der Waals surface area (Å²) in [7, 11) is 0. The summed E-state index contributed by atoms with van der Waals surface area (Å²) >= 11 is 5.90. The average Bonchev–Trinajstić information content (AvgIpc) is 3.01. The number of halogens is 4. The Labute approximate surface area is 158 Å². The lowest BCUT2D eigenvalue weighted by Crippen LogP contribution is -2.34. The first kappa shape index (κ1) is 19.2. The molecule has 1 aliphatic heterocycles. The highest BCUT2D eigenvalue weighted by Crippen LogP contribution is 2.29. The molecule has 0 saturated carbocycles. The second kappa shape index (κ2) is 8.00. The van der Waals surface area contributed by atoms with Crippen LogP contribution in [0.1, 0.15) is 12.0 Å². The Morgan fingerprint density at radius 3 is 2.70 bits per heavy atom. The molecule has 4 nitrogen and oxygen atoms in total. The minimum Gasteiger partial charge on any atom is -0.355 e. The van der Waals surface area contributed by atoms with Crippen LogP contribution < -0.4 is 10.2 Å². The van der Waals surface area contributed by atoms with Crippen molar-refractivity contribution < 1.29 is 22.8 Å². The summed E-state index contributed by atoms with van der Waals surface area (Å²) in [6.45, 7) is 0.257. The number of nitrogens with zero attached hydrogens (tertiary/aromatic N) is 1. The van der Waals surface area contributed by atoms with Gasteiger partial charge in [-0.05, 0) is 36.2 Å². The zero-order chi connectivity index (χ0) is 19.6. The van der Waals surface area contributed by atoms with Gasteiger partial charge in [0, 0.05) is 24.5 Å². The molecule has 2 aromatic rings. The zero-order valence-electron chi connectivity index (χ0n) is 14.1. The Balaban J connectivity index is 1.60. The molecule has 27 heavy (non-hydrogen) atoms. The van der Waals surface area contributed by atoms with Gasteiger partial charge in [-0.3, -0.25) is 9.59 Å². The molecule has 1 aliphatic rings. The van der Waals surface area contributed by atoms with Gasteiger partial charge in [0.2, 0.25) is 11.8 Å². The molecule has 1 saturated heterocycles. The number of hydrogen-bond donors (Lipinski definition) is 1. The Bertz CT molecular complexity index is 891. The highest BCUT2D eigenvalue weighted by atomic mass is 35.5. The Kier molecular flexibility index (Phi) is 5.70. The van der Waals surface area contributed by atoms with Crippen molar-refractivity contribution in [3.63, 3.8) is 0 Å². The van der Waals surface area contributed by atoms with Crippen LogP contribution >= 0.6 is 11.6 Å². The molecule has 142 valence electrons. The van der Waals surface area contributed by atoms with Crippen LogP contribution in [0.3, 0.4) is 0 Å². The molecule has 0 aliphatic carbocycles. The van der Waals surface area contributed by atoms with E-state index in [9.17, 15) is 22.8 Å². The van der Waals surface area contributed by atoms with Gasteiger partial charge in [0.05, 0.1) is 11.6 Å². The Morgan fingerprint density at radius 1 is 1.19 bits per heavy atom. The van der Waals surface area contributed by atoms with Gasteiger partial charge in [0.1, 0.15) is 0 Å². The summed E-state index contributed by atoms with van der Waals surface area (Å²) < 4.78 is 40.4. The summed E-state index contributed by atoms with van der Waals surface area (Å²) in [5, 5.41) is 3.33. The predicted octanol–water partition coefficient (Wildman–Crippen LogP) is 3.47. The largest absolute Gasteiger partial charge is 0.355 e. The summed E-state index contributed by atoms with van der Waals surface area (Å²) in [5.74, 6) is -5.98. The number of amides is 2. The number of carbonyl (C=O) groups is 2. The maximum Gasteiger partial charge on any atom is 0.227 e. The number of anilines is 1. The van der Waals surface area contributed by atoms with Crippen molar-refractivity contribution in [3.8, 4) is 0 Å². The van der Waals surface area contributed by atoms with Gasteiger partial charge in [-0.25, -0.2) is 13.2 Å². The van der Waals surface area contributed by atoms with Crippen LogP contribution in [-0.2, 0) is 16.0 Å². The van der Waals surface area contributed by atoms with Crippen molar-refractivity contribution >= 4 is 29.1 Å². The molecule has 1 heterocycles. The van der Waals surface area contributed by atoms with Gasteiger partial charge in [-0.15, -0.1) is 0 Å². The van der Waals surface area contributed by atoms with E-state index in [0.29, 0.717) is 18.0 Å². The quantitative estimate of drug-likeness (QED) is 0.787. The van der Waals surface area contributed by atoms with Gasteiger partial charge >= 0.3 is 0 Å². The SMILES string of the molecule is O=C(NCCc1cccc(Cl)c1)C1CC(=O)N(c2ccc(F)c(F)c2F)C1. The van der Waals surface area contributed by atoms with Crippen LogP contribution in [0.5, 0.6) is 0 Å². The fraction of sp³-hybridized carbons (Fsp3) is 0.263. The van der Waals surface area contributed by atoms with Crippen molar-refractivity contribution in [1.29, 1.82) is 0 Å². The molecule has 8 heteroatoms. The standard InChI is InChI=1S/C19H16ClF3N2O2/c20-13-3-1-2-11(8-13)6-7-24-19(27)12-9-16(26)25(10-12)15-5-4-14(21)17(22)18(15)23/h1-5,8,12H,6-7,9-10H2,(H,24,27). The van der Waals surface area contributed by atoms with Crippen molar-refractivity contribution in [3.05, 3.63) is 64.4 Å². The van der Waals surface area contributed by atoms with E-state index in [-0.39, 0.29) is 24.6 Å². The van der Waals surface area contributed by atoms with Crippen molar-refractivity contribution in [1.82, 2.24) is 5.32 Å². The van der Waals surface area contributed by atoms with Crippen LogP contribution in [0.25, 0.3) is 0 Å². The van der Waals surface area contributed by atoms with E-state index >= 15 is 0 Å². The second-order valence-electron chi connectivity index (χ2n) is 6.27. The molecule has 2 aromatic carbocycles. The van der Waals surface area contributed by atoms with E-state index in [0.717, 1.165) is 22.6 Å². The third-order valence-electron chi connectivity index (χ3n) is 4.40. The molecule has 1 fully saturated rings. The maximum atomic E-state index is 13.9. The van der Waals surface area contributed by atoms with Crippen molar-refractivity contribution in [2.45, 2.75) is 12.8 Å². The Hall–Kier alpha value is -2.54. The second-order valence-corrected chi connectivity index (χ2v) is 6.71. The van der Waals surface area contributed by atoms with Crippen molar-refractivity contribution in [2.75, 3.05) is 18.0 Å². The average molecular weight is 397 g/mol. The van der Waals surface area contributed by atoms with E-state index in [1.54, 1.807) is 12.1 Å². The molecule has 0 spiro atoms. The first-order valence-electron chi connectivity index (χ1n) is 8.33. The molecule has 0 radical (unpaired) electrons. The van der Waals surface area contributed by atoms with Gasteiger partial charge in [0.15, 0.2) is 17.5 Å². The van der Waals surface area contributed by atoms with Crippen LogP contribution in [0.2, 0.25) is 5.02 Å². The van der Waals surface area contributed by atoms with Gasteiger partial charge in [0.25, 0.3) is 0 Å². The van der Waals surface area contributed by atoms with E-state index < -0.39 is 29.3 Å². The molecule has 0 bridgehead atoms. The van der Waals surface area contributed by atoms with Crippen LogP contribution in [0.4, 0.5) is 18.9 Å². The van der Waals surface area contributed by atoms with Crippen LogP contribution in [-0.4, -0.2) is 24.9 Å². The smallest absolute Gasteiger partial charge is 0.227 e. The molecule has 1 unspecified atom stereocenters. The van der Waals surface area contributed by atoms with E-state index in [4.69, 9.17) is 11.6 Å². The maximum absolute atomic E-state index is 13.9. The molecule has 0 aromatic heterocycles. The van der Waals surface area contributed by atoms with Gasteiger partial charge in [-0.2, -0.15) is 0 Å². The fourth-order valence-corrected chi connectivity index (χ4v) is 3.22. The van der Waals surface area contributed by atoms with Crippen molar-refractivity contribution in [2.24, 2.45) is 5.92 Å². The van der Waals surface area contributed by atoms with Crippen LogP contribution in [0, 0.1) is 23.4 Å². The number of rotatable bonds is 5. The van der Waals surface area contributed by atoms with Gasteiger partial charge in [-0.1, -0.05) is 23.7 Å². The zero-order valence-corrected chi connectivity index (χ0v) is 14.9. The predicted molar refractivity (Wildman–Crippen MR) is 94.9 cm³/mol. The van der Waals surface area contributed by atoms with E-state index in [1.807, 2.05) is 12.1 Å². The lowest BCUT2D eigenvalue weighted by atomic mass is 10.1. The first-order chi connectivity index (χ1) is 12.9. The normalized spacial score (nSPS) is 16.7. The lowest BCUT2D eigenvalue weighted by molar-refractivity contribution is -0.126. The lowest BCUT2D eigenvalue weighted by Gasteiger charge is -2.18. The van der Waals surface area contributed by atoms with E-state index in [2.05, 4.69) is 5.32 Å². The molecule has 3 rings (SSSR count). The van der Waals surface area contributed by atoms with E-state index in [1.165, 1.54) is 0 Å².